The van der Waals surface area contributed by atoms with E-state index in [1.54, 1.807) is 7.11 Å². The van der Waals surface area contributed by atoms with Crippen molar-refractivity contribution < 1.29 is 14.3 Å². The molecular weight excluding hydrogens is 350 g/mol. The monoisotopic (exact) mass is 371 g/mol. The standard InChI is InChI=1S/C19H21N3O3S/c1-12-8-21(9-13(2)25-12)18(23)17-11-26-19-20-16(10-22(17)19)14-5-4-6-15(7-14)24-3/h4-7,10-13H,8-9H2,1-3H3. The minimum absolute atomic E-state index is 0.0212. The number of amides is 1. The van der Waals surface area contributed by atoms with E-state index in [1.165, 1.54) is 11.3 Å². The zero-order chi connectivity index (χ0) is 18.3. The highest BCUT2D eigenvalue weighted by Gasteiger charge is 2.28. The Balaban J connectivity index is 1.66. The predicted octanol–water partition coefficient (Wildman–Crippen LogP) is 3.32. The number of fused-ring (bicyclic) bond motifs is 1. The van der Waals surface area contributed by atoms with E-state index >= 15 is 0 Å². The van der Waals surface area contributed by atoms with Crippen molar-refractivity contribution in [2.24, 2.45) is 0 Å². The van der Waals surface area contributed by atoms with Crippen LogP contribution in [0.4, 0.5) is 0 Å². The van der Waals surface area contributed by atoms with Gasteiger partial charge in [0.25, 0.3) is 5.91 Å². The molecule has 7 heteroatoms. The Morgan fingerprint density at radius 3 is 2.81 bits per heavy atom. The zero-order valence-corrected chi connectivity index (χ0v) is 15.8. The third kappa shape index (κ3) is 3.08. The van der Waals surface area contributed by atoms with Crippen LogP contribution < -0.4 is 4.74 Å². The highest BCUT2D eigenvalue weighted by Crippen LogP contribution is 2.27. The fourth-order valence-electron chi connectivity index (χ4n) is 3.36. The van der Waals surface area contributed by atoms with Gasteiger partial charge in [-0.25, -0.2) is 4.98 Å². The van der Waals surface area contributed by atoms with Gasteiger partial charge in [-0.05, 0) is 26.0 Å². The number of carbonyl (C=O) groups excluding carboxylic acids is 1. The van der Waals surface area contributed by atoms with Crippen molar-refractivity contribution in [1.82, 2.24) is 14.3 Å². The van der Waals surface area contributed by atoms with Gasteiger partial charge in [-0.1, -0.05) is 12.1 Å². The predicted molar refractivity (Wildman–Crippen MR) is 101 cm³/mol. The van der Waals surface area contributed by atoms with Crippen LogP contribution in [0.3, 0.4) is 0 Å². The molecule has 1 aromatic carbocycles. The van der Waals surface area contributed by atoms with Gasteiger partial charge >= 0.3 is 0 Å². The second-order valence-electron chi connectivity index (χ2n) is 6.60. The summed E-state index contributed by atoms with van der Waals surface area (Å²) < 4.78 is 12.9. The summed E-state index contributed by atoms with van der Waals surface area (Å²) in [6.07, 6.45) is 2.01. The number of nitrogens with zero attached hydrogens (tertiary/aromatic N) is 3. The molecule has 4 rings (SSSR count). The van der Waals surface area contributed by atoms with Crippen LogP contribution in [0.2, 0.25) is 0 Å². The number of morpholine rings is 1. The van der Waals surface area contributed by atoms with E-state index < -0.39 is 0 Å². The van der Waals surface area contributed by atoms with E-state index in [1.807, 2.05) is 59.0 Å². The number of methoxy groups -OCH3 is 1. The van der Waals surface area contributed by atoms with Gasteiger partial charge in [0.1, 0.15) is 11.4 Å². The molecule has 3 aromatic rings. The second kappa shape index (κ2) is 6.74. The molecule has 1 aliphatic rings. The van der Waals surface area contributed by atoms with Crippen molar-refractivity contribution in [2.45, 2.75) is 26.1 Å². The minimum Gasteiger partial charge on any atom is -0.497 e. The lowest BCUT2D eigenvalue weighted by molar-refractivity contribution is -0.0587. The lowest BCUT2D eigenvalue weighted by atomic mass is 10.1. The summed E-state index contributed by atoms with van der Waals surface area (Å²) >= 11 is 1.48. The molecule has 3 heterocycles. The molecular formula is C19H21N3O3S. The molecule has 26 heavy (non-hydrogen) atoms. The third-order valence-corrected chi connectivity index (χ3v) is 5.34. The molecule has 1 saturated heterocycles. The van der Waals surface area contributed by atoms with Crippen molar-refractivity contribution in [1.29, 1.82) is 0 Å². The molecule has 0 radical (unpaired) electrons. The summed E-state index contributed by atoms with van der Waals surface area (Å²) in [4.78, 5) is 20.4. The number of aromatic nitrogens is 2. The lowest BCUT2D eigenvalue weighted by Crippen LogP contribution is -2.48. The fraction of sp³-hybridized carbons (Fsp3) is 0.368. The van der Waals surface area contributed by atoms with Gasteiger partial charge in [0, 0.05) is 30.2 Å². The van der Waals surface area contributed by atoms with E-state index in [4.69, 9.17) is 9.47 Å². The van der Waals surface area contributed by atoms with Gasteiger partial charge in [-0.15, -0.1) is 11.3 Å². The van der Waals surface area contributed by atoms with Crippen molar-refractivity contribution in [3.8, 4) is 17.0 Å². The Hall–Kier alpha value is -2.38. The van der Waals surface area contributed by atoms with Gasteiger partial charge in [0.2, 0.25) is 0 Å². The normalized spacial score (nSPS) is 20.5. The lowest BCUT2D eigenvalue weighted by Gasteiger charge is -2.35. The molecule has 1 fully saturated rings. The van der Waals surface area contributed by atoms with Crippen molar-refractivity contribution in [3.63, 3.8) is 0 Å². The van der Waals surface area contributed by atoms with E-state index in [0.29, 0.717) is 18.8 Å². The first-order valence-electron chi connectivity index (χ1n) is 8.61. The van der Waals surface area contributed by atoms with Crippen LogP contribution in [0.1, 0.15) is 24.3 Å². The Morgan fingerprint density at radius 2 is 2.08 bits per heavy atom. The number of hydrogen-bond acceptors (Lipinski definition) is 5. The number of thiazole rings is 1. The molecule has 2 unspecified atom stereocenters. The van der Waals surface area contributed by atoms with E-state index in [2.05, 4.69) is 4.98 Å². The van der Waals surface area contributed by atoms with Crippen LogP contribution in [0.25, 0.3) is 16.2 Å². The molecule has 0 bridgehead atoms. The summed E-state index contributed by atoms with van der Waals surface area (Å²) in [5.41, 5.74) is 2.44. The quantitative estimate of drug-likeness (QED) is 0.709. The van der Waals surface area contributed by atoms with Crippen LogP contribution in [-0.4, -0.2) is 52.6 Å². The van der Waals surface area contributed by atoms with Crippen LogP contribution in [0.15, 0.2) is 35.8 Å². The smallest absolute Gasteiger partial charge is 0.271 e. The van der Waals surface area contributed by atoms with E-state index in [-0.39, 0.29) is 18.1 Å². The van der Waals surface area contributed by atoms with Crippen molar-refractivity contribution >= 4 is 22.2 Å². The van der Waals surface area contributed by atoms with E-state index in [0.717, 1.165) is 22.0 Å². The average Bonchev–Trinajstić information content (AvgIpc) is 3.21. The maximum Gasteiger partial charge on any atom is 0.271 e. The number of ether oxygens (including phenoxy) is 2. The molecule has 0 N–H and O–H groups in total. The summed E-state index contributed by atoms with van der Waals surface area (Å²) in [6, 6.07) is 7.77. The Bertz CT molecular complexity index is 939. The highest BCUT2D eigenvalue weighted by molar-refractivity contribution is 7.15. The average molecular weight is 371 g/mol. The van der Waals surface area contributed by atoms with Gasteiger partial charge in [0.05, 0.1) is 25.0 Å². The first kappa shape index (κ1) is 17.1. The second-order valence-corrected chi connectivity index (χ2v) is 7.44. The SMILES string of the molecule is COc1cccc(-c2cn3c(C(=O)N4CC(C)OC(C)C4)csc3n2)c1. The summed E-state index contributed by atoms with van der Waals surface area (Å²) in [5.74, 6) is 0.805. The molecule has 0 spiro atoms. The van der Waals surface area contributed by atoms with Gasteiger partial charge in [-0.3, -0.25) is 9.20 Å². The van der Waals surface area contributed by atoms with Crippen LogP contribution >= 0.6 is 11.3 Å². The fourth-order valence-corrected chi connectivity index (χ4v) is 4.21. The van der Waals surface area contributed by atoms with E-state index in [9.17, 15) is 4.79 Å². The zero-order valence-electron chi connectivity index (χ0n) is 15.0. The molecule has 136 valence electrons. The summed E-state index contributed by atoms with van der Waals surface area (Å²) in [7, 11) is 1.64. The van der Waals surface area contributed by atoms with Gasteiger partial charge in [-0.2, -0.15) is 0 Å². The molecule has 6 nitrogen and oxygen atoms in total. The van der Waals surface area contributed by atoms with Crippen molar-refractivity contribution in [3.05, 3.63) is 41.5 Å². The molecule has 0 saturated carbocycles. The molecule has 2 atom stereocenters. The van der Waals surface area contributed by atoms with Crippen LogP contribution in [0, 0.1) is 0 Å². The molecule has 2 aromatic heterocycles. The highest BCUT2D eigenvalue weighted by atomic mass is 32.1. The topological polar surface area (TPSA) is 56.1 Å². The van der Waals surface area contributed by atoms with Gasteiger partial charge < -0.3 is 14.4 Å². The molecule has 1 amide bonds. The van der Waals surface area contributed by atoms with Crippen molar-refractivity contribution in [2.75, 3.05) is 20.2 Å². The maximum absolute atomic E-state index is 13.0. The molecule has 1 aliphatic heterocycles. The number of imidazole rings is 1. The Kier molecular flexibility index (Phi) is 4.42. The van der Waals surface area contributed by atoms with Gasteiger partial charge in [0.15, 0.2) is 4.96 Å². The van der Waals surface area contributed by atoms with Crippen LogP contribution in [0.5, 0.6) is 5.75 Å². The largest absolute Gasteiger partial charge is 0.497 e. The Labute approximate surface area is 156 Å². The summed E-state index contributed by atoms with van der Waals surface area (Å²) in [5, 5.41) is 1.88. The Morgan fingerprint density at radius 1 is 1.31 bits per heavy atom. The summed E-state index contributed by atoms with van der Waals surface area (Å²) in [6.45, 7) is 5.21. The number of hydrogen-bond donors (Lipinski definition) is 0. The maximum atomic E-state index is 13.0. The number of benzene rings is 1. The van der Waals surface area contributed by atoms with Crippen LogP contribution in [-0.2, 0) is 4.74 Å². The third-order valence-electron chi connectivity index (χ3n) is 4.50. The first-order valence-corrected chi connectivity index (χ1v) is 9.49. The number of rotatable bonds is 3. The number of carbonyl (C=O) groups is 1. The minimum atomic E-state index is 0.0212. The first-order chi connectivity index (χ1) is 12.5. The molecule has 0 aliphatic carbocycles.